The van der Waals surface area contributed by atoms with Crippen LogP contribution in [0.15, 0.2) is 53.7 Å². The van der Waals surface area contributed by atoms with Crippen LogP contribution in [-0.4, -0.2) is 35.2 Å². The Hall–Kier alpha value is -2.97. The van der Waals surface area contributed by atoms with Crippen molar-refractivity contribution in [1.82, 2.24) is 10.6 Å². The van der Waals surface area contributed by atoms with Gasteiger partial charge in [-0.15, -0.1) is 0 Å². The third kappa shape index (κ3) is 4.55. The summed E-state index contributed by atoms with van der Waals surface area (Å²) in [6.07, 6.45) is 0.201. The first-order valence-corrected chi connectivity index (χ1v) is 9.98. The Bertz CT molecular complexity index is 1080. The molecule has 2 aromatic carbocycles. The SMILES string of the molecule is O=C(COc1ccc(Cl)c(F)c1)NC1=C2CC(NC(=O)c3cccc(F)c3)(C2)C[C@@H]1O. The average molecular weight is 449 g/mol. The van der Waals surface area contributed by atoms with Crippen LogP contribution in [-0.2, 0) is 4.79 Å². The highest BCUT2D eigenvalue weighted by Crippen LogP contribution is 2.47. The quantitative estimate of drug-likeness (QED) is 0.633. The van der Waals surface area contributed by atoms with Crippen molar-refractivity contribution in [2.45, 2.75) is 30.9 Å². The Morgan fingerprint density at radius 3 is 2.65 bits per heavy atom. The summed E-state index contributed by atoms with van der Waals surface area (Å²) in [4.78, 5) is 24.6. The molecule has 162 valence electrons. The largest absolute Gasteiger partial charge is 0.484 e. The van der Waals surface area contributed by atoms with Gasteiger partial charge in [0.1, 0.15) is 17.4 Å². The molecule has 0 saturated heterocycles. The molecule has 2 amide bonds. The molecule has 3 aliphatic rings. The van der Waals surface area contributed by atoms with Crippen molar-refractivity contribution in [3.05, 3.63) is 76.0 Å². The van der Waals surface area contributed by atoms with Crippen LogP contribution in [0.3, 0.4) is 0 Å². The Labute approximate surface area is 181 Å². The molecule has 3 N–H and O–H groups in total. The second-order valence-corrected chi connectivity index (χ2v) is 8.16. The molecule has 5 rings (SSSR count). The highest BCUT2D eigenvalue weighted by molar-refractivity contribution is 6.30. The number of hydrogen-bond donors (Lipinski definition) is 3. The third-order valence-electron chi connectivity index (χ3n) is 5.40. The minimum absolute atomic E-state index is 0.0490. The third-order valence-corrected chi connectivity index (χ3v) is 5.71. The van der Waals surface area contributed by atoms with Gasteiger partial charge >= 0.3 is 0 Å². The van der Waals surface area contributed by atoms with Gasteiger partial charge in [0.05, 0.1) is 16.7 Å². The monoisotopic (exact) mass is 448 g/mol. The van der Waals surface area contributed by atoms with Crippen LogP contribution < -0.4 is 15.4 Å². The van der Waals surface area contributed by atoms with E-state index in [-0.39, 0.29) is 29.4 Å². The van der Waals surface area contributed by atoms with E-state index in [9.17, 15) is 23.5 Å². The lowest BCUT2D eigenvalue weighted by Crippen LogP contribution is -2.61. The van der Waals surface area contributed by atoms with Crippen molar-refractivity contribution in [3.8, 4) is 5.75 Å². The van der Waals surface area contributed by atoms with Gasteiger partial charge in [-0.25, -0.2) is 8.78 Å². The first kappa shape index (κ1) is 21.3. The van der Waals surface area contributed by atoms with E-state index in [1.165, 1.54) is 30.3 Å². The maximum Gasteiger partial charge on any atom is 0.262 e. The molecule has 2 bridgehead atoms. The zero-order valence-electron chi connectivity index (χ0n) is 16.3. The molecule has 1 saturated carbocycles. The fraction of sp³-hybridized carbons (Fsp3) is 0.273. The van der Waals surface area contributed by atoms with Gasteiger partial charge in [0.15, 0.2) is 6.61 Å². The van der Waals surface area contributed by atoms with Crippen LogP contribution >= 0.6 is 11.6 Å². The van der Waals surface area contributed by atoms with E-state index in [1.54, 1.807) is 0 Å². The highest BCUT2D eigenvalue weighted by atomic mass is 35.5. The molecule has 0 spiro atoms. The lowest BCUT2D eigenvalue weighted by atomic mass is 9.63. The number of halogens is 3. The van der Waals surface area contributed by atoms with Crippen molar-refractivity contribution in [2.24, 2.45) is 0 Å². The van der Waals surface area contributed by atoms with Crippen LogP contribution in [0.5, 0.6) is 5.75 Å². The Kier molecular flexibility index (Phi) is 5.68. The van der Waals surface area contributed by atoms with E-state index in [0.29, 0.717) is 18.5 Å². The van der Waals surface area contributed by atoms with Gasteiger partial charge in [0.25, 0.3) is 11.8 Å². The van der Waals surface area contributed by atoms with Crippen molar-refractivity contribution in [1.29, 1.82) is 0 Å². The zero-order chi connectivity index (χ0) is 22.2. The number of hydrogen-bond acceptors (Lipinski definition) is 4. The zero-order valence-corrected chi connectivity index (χ0v) is 17.0. The summed E-state index contributed by atoms with van der Waals surface area (Å²) in [5.74, 6) is -1.92. The van der Waals surface area contributed by atoms with Crippen LogP contribution in [0.25, 0.3) is 0 Å². The van der Waals surface area contributed by atoms with E-state index in [0.717, 1.165) is 17.7 Å². The second-order valence-electron chi connectivity index (χ2n) is 7.75. The molecule has 3 aliphatic carbocycles. The molecule has 0 aliphatic heterocycles. The minimum Gasteiger partial charge on any atom is -0.484 e. The number of carbonyl (C=O) groups is 2. The number of carbonyl (C=O) groups excluding carboxylic acids is 2. The average Bonchev–Trinajstić information content (AvgIpc) is 2.70. The Morgan fingerprint density at radius 1 is 1.19 bits per heavy atom. The highest BCUT2D eigenvalue weighted by Gasteiger charge is 2.50. The van der Waals surface area contributed by atoms with Crippen LogP contribution in [0.4, 0.5) is 8.78 Å². The number of fused-ring (bicyclic) bond motifs is 2. The van der Waals surface area contributed by atoms with Gasteiger partial charge in [0, 0.05) is 23.7 Å². The first-order chi connectivity index (χ1) is 14.7. The van der Waals surface area contributed by atoms with Gasteiger partial charge in [-0.2, -0.15) is 0 Å². The van der Waals surface area contributed by atoms with Gasteiger partial charge in [-0.1, -0.05) is 17.7 Å². The second kappa shape index (κ2) is 8.28. The predicted octanol–water partition coefficient (Wildman–Crippen LogP) is 3.09. The van der Waals surface area contributed by atoms with E-state index in [2.05, 4.69) is 10.6 Å². The lowest BCUT2D eigenvalue weighted by molar-refractivity contribution is -0.123. The summed E-state index contributed by atoms with van der Waals surface area (Å²) < 4.78 is 32.0. The van der Waals surface area contributed by atoms with E-state index in [4.69, 9.17) is 16.3 Å². The van der Waals surface area contributed by atoms with Crippen LogP contribution in [0.1, 0.15) is 29.6 Å². The van der Waals surface area contributed by atoms with Gasteiger partial charge < -0.3 is 20.5 Å². The molecule has 9 heteroatoms. The Balaban J connectivity index is 1.34. The summed E-state index contributed by atoms with van der Waals surface area (Å²) in [6, 6.07) is 9.22. The molecule has 1 fully saturated rings. The van der Waals surface area contributed by atoms with Gasteiger partial charge in [-0.05, 0) is 48.7 Å². The molecule has 2 aromatic rings. The molecular formula is C22H19ClF2N2O4. The van der Waals surface area contributed by atoms with Crippen LogP contribution in [0.2, 0.25) is 5.02 Å². The molecule has 0 unspecified atom stereocenters. The van der Waals surface area contributed by atoms with Gasteiger partial charge in [0.2, 0.25) is 0 Å². The number of nitrogens with one attached hydrogen (secondary N) is 2. The maximum atomic E-state index is 13.4. The summed E-state index contributed by atoms with van der Waals surface area (Å²) in [7, 11) is 0. The topological polar surface area (TPSA) is 87.7 Å². The molecule has 31 heavy (non-hydrogen) atoms. The summed E-state index contributed by atoms with van der Waals surface area (Å²) in [6.45, 7) is -0.369. The predicted molar refractivity (Wildman–Crippen MR) is 109 cm³/mol. The fourth-order valence-corrected chi connectivity index (χ4v) is 4.08. The number of amides is 2. The van der Waals surface area contributed by atoms with Crippen molar-refractivity contribution in [2.75, 3.05) is 6.61 Å². The standard InChI is InChI=1S/C22H19ClF2N2O4/c23-16-5-4-15(7-17(16)25)31-11-19(29)26-20-13-8-22(9-13,10-18(20)28)27-21(30)12-2-1-3-14(24)6-12/h1-7,18,28H,8-11H2,(H,26,29)(H,27,30)/t18-/m0/s1. The van der Waals surface area contributed by atoms with Gasteiger partial charge in [-0.3, -0.25) is 9.59 Å². The minimum atomic E-state index is -0.970. The smallest absolute Gasteiger partial charge is 0.262 e. The Morgan fingerprint density at radius 2 is 1.97 bits per heavy atom. The number of aliphatic hydroxyl groups is 1. The molecule has 0 radical (unpaired) electrons. The number of benzene rings is 2. The normalized spacial score (nSPS) is 21.9. The lowest BCUT2D eigenvalue weighted by Gasteiger charge is -2.51. The number of aliphatic hydroxyl groups excluding tert-OH is 1. The fourth-order valence-electron chi connectivity index (χ4n) is 3.96. The van der Waals surface area contributed by atoms with Crippen LogP contribution in [0, 0.1) is 11.6 Å². The van der Waals surface area contributed by atoms with E-state index >= 15 is 0 Å². The summed E-state index contributed by atoms with van der Waals surface area (Å²) in [5, 5.41) is 16.0. The maximum absolute atomic E-state index is 13.4. The van der Waals surface area contributed by atoms with E-state index in [1.807, 2.05) is 0 Å². The molecular weight excluding hydrogens is 430 g/mol. The number of ether oxygens (including phenoxy) is 1. The molecule has 6 nitrogen and oxygen atoms in total. The molecule has 0 aromatic heterocycles. The summed E-state index contributed by atoms with van der Waals surface area (Å²) >= 11 is 5.61. The van der Waals surface area contributed by atoms with Crippen molar-refractivity contribution < 1.29 is 28.2 Å². The molecule has 1 atom stereocenters. The van der Waals surface area contributed by atoms with Crippen molar-refractivity contribution in [3.63, 3.8) is 0 Å². The van der Waals surface area contributed by atoms with Crippen molar-refractivity contribution >= 4 is 23.4 Å². The number of rotatable bonds is 6. The molecule has 0 heterocycles. The summed E-state index contributed by atoms with van der Waals surface area (Å²) in [5.41, 5.74) is 0.808. The first-order valence-electron chi connectivity index (χ1n) is 9.60. The van der Waals surface area contributed by atoms with E-state index < -0.39 is 35.1 Å².